The molecule has 2 fully saturated rings. The van der Waals surface area contributed by atoms with Crippen molar-refractivity contribution < 1.29 is 17.7 Å². The third kappa shape index (κ3) is 3.89. The van der Waals surface area contributed by atoms with Gasteiger partial charge in [0.2, 0.25) is 21.7 Å². The van der Waals surface area contributed by atoms with Gasteiger partial charge >= 0.3 is 0 Å². The van der Waals surface area contributed by atoms with E-state index in [2.05, 4.69) is 20.1 Å². The van der Waals surface area contributed by atoms with Gasteiger partial charge in [-0.05, 0) is 37.1 Å². The molecule has 10 nitrogen and oxygen atoms in total. The van der Waals surface area contributed by atoms with Crippen molar-refractivity contribution in [3.8, 4) is 11.5 Å². The first-order chi connectivity index (χ1) is 15.5. The van der Waals surface area contributed by atoms with Crippen molar-refractivity contribution in [2.45, 2.75) is 30.1 Å². The highest BCUT2D eigenvalue weighted by molar-refractivity contribution is 7.89. The van der Waals surface area contributed by atoms with Gasteiger partial charge in [0.1, 0.15) is 5.69 Å². The second-order valence-electron chi connectivity index (χ2n) is 7.94. The van der Waals surface area contributed by atoms with E-state index in [1.54, 1.807) is 35.6 Å². The fourth-order valence-electron chi connectivity index (χ4n) is 3.93. The number of piperidine rings is 1. The molecule has 166 valence electrons. The normalized spacial score (nSPS) is 17.8. The summed E-state index contributed by atoms with van der Waals surface area (Å²) >= 11 is 0. The summed E-state index contributed by atoms with van der Waals surface area (Å²) in [5, 5.41) is 3.94. The quantitative estimate of drug-likeness (QED) is 0.573. The molecule has 0 atom stereocenters. The van der Waals surface area contributed by atoms with Crippen molar-refractivity contribution >= 4 is 15.9 Å². The number of carbonyl (C=O) groups excluding carboxylic acids is 1. The van der Waals surface area contributed by atoms with Gasteiger partial charge in [-0.15, -0.1) is 0 Å². The van der Waals surface area contributed by atoms with Crippen molar-refractivity contribution in [1.82, 2.24) is 29.3 Å². The molecule has 0 saturated carbocycles. The molecule has 0 bridgehead atoms. The van der Waals surface area contributed by atoms with Gasteiger partial charge in [-0.3, -0.25) is 9.78 Å². The van der Waals surface area contributed by atoms with Crippen LogP contribution in [0.3, 0.4) is 0 Å². The van der Waals surface area contributed by atoms with Gasteiger partial charge in [0.15, 0.2) is 0 Å². The van der Waals surface area contributed by atoms with Crippen molar-refractivity contribution in [3.63, 3.8) is 0 Å². The Bertz CT molecular complexity index is 1200. The lowest BCUT2D eigenvalue weighted by molar-refractivity contribution is 0.0569. The zero-order chi connectivity index (χ0) is 22.1. The zero-order valence-electron chi connectivity index (χ0n) is 17.3. The van der Waals surface area contributed by atoms with E-state index in [-0.39, 0.29) is 16.7 Å². The molecule has 5 rings (SSSR count). The number of hydrogen-bond donors (Lipinski definition) is 0. The average Bonchev–Trinajstić information content (AvgIpc) is 3.29. The Balaban J connectivity index is 1.21. The molecule has 0 radical (unpaired) electrons. The van der Waals surface area contributed by atoms with Gasteiger partial charge in [0.25, 0.3) is 5.91 Å². The smallest absolute Gasteiger partial charge is 0.253 e. The highest BCUT2D eigenvalue weighted by atomic mass is 32.2. The third-order valence-corrected chi connectivity index (χ3v) is 7.72. The predicted octanol–water partition coefficient (Wildman–Crippen LogP) is 1.94. The fraction of sp³-hybridized carbons (Fsp3) is 0.381. The van der Waals surface area contributed by atoms with Gasteiger partial charge in [-0.2, -0.15) is 9.29 Å². The molecule has 0 N–H and O–H groups in total. The van der Waals surface area contributed by atoms with Crippen molar-refractivity contribution in [1.29, 1.82) is 0 Å². The molecule has 3 aromatic rings. The number of rotatable bonds is 5. The zero-order valence-corrected chi connectivity index (χ0v) is 18.1. The second kappa shape index (κ2) is 8.40. The monoisotopic (exact) mass is 454 g/mol. The molecule has 1 amide bonds. The van der Waals surface area contributed by atoms with E-state index in [0.29, 0.717) is 49.2 Å². The lowest BCUT2D eigenvalue weighted by Crippen LogP contribution is -2.48. The number of amides is 1. The molecule has 2 saturated heterocycles. The average molecular weight is 455 g/mol. The Morgan fingerprint density at radius 2 is 1.78 bits per heavy atom. The first-order valence-corrected chi connectivity index (χ1v) is 12.0. The molecule has 11 heteroatoms. The lowest BCUT2D eigenvalue weighted by Gasteiger charge is -2.37. The van der Waals surface area contributed by atoms with E-state index in [0.717, 1.165) is 19.3 Å². The van der Waals surface area contributed by atoms with Crippen LogP contribution in [0.4, 0.5) is 0 Å². The van der Waals surface area contributed by atoms with Crippen LogP contribution in [0, 0.1) is 0 Å². The van der Waals surface area contributed by atoms with Gasteiger partial charge < -0.3 is 9.42 Å². The number of nitrogens with zero attached hydrogens (tertiary/aromatic N) is 6. The highest BCUT2D eigenvalue weighted by Gasteiger charge is 2.36. The van der Waals surface area contributed by atoms with Crippen molar-refractivity contribution in [2.24, 2.45) is 0 Å². The summed E-state index contributed by atoms with van der Waals surface area (Å²) in [5.41, 5.74) is 0.973. The van der Waals surface area contributed by atoms with E-state index in [4.69, 9.17) is 4.52 Å². The third-order valence-electron chi connectivity index (χ3n) is 5.81. The van der Waals surface area contributed by atoms with Crippen molar-refractivity contribution in [2.75, 3.05) is 26.2 Å². The summed E-state index contributed by atoms with van der Waals surface area (Å²) in [6.45, 7) is 2.00. The maximum Gasteiger partial charge on any atom is 0.253 e. The summed E-state index contributed by atoms with van der Waals surface area (Å²) in [4.78, 5) is 27.2. The van der Waals surface area contributed by atoms with Gasteiger partial charge in [-0.1, -0.05) is 11.6 Å². The summed E-state index contributed by atoms with van der Waals surface area (Å²) in [6.07, 6.45) is 7.49. The Kier molecular flexibility index (Phi) is 5.43. The van der Waals surface area contributed by atoms with Gasteiger partial charge in [-0.25, -0.2) is 13.4 Å². The van der Waals surface area contributed by atoms with Gasteiger partial charge in [0.05, 0.1) is 17.0 Å². The SMILES string of the molecule is O=C(c1ccc(S(=O)(=O)N2CCCCC2)cc1)N1CC(c2nc(-c3cnccn3)no2)C1. The second-order valence-corrected chi connectivity index (χ2v) is 9.88. The number of likely N-dealkylation sites (tertiary alicyclic amines) is 1. The molecule has 32 heavy (non-hydrogen) atoms. The molecule has 0 spiro atoms. The highest BCUT2D eigenvalue weighted by Crippen LogP contribution is 2.29. The molecule has 0 aliphatic carbocycles. The summed E-state index contributed by atoms with van der Waals surface area (Å²) in [7, 11) is -3.51. The Morgan fingerprint density at radius 3 is 2.47 bits per heavy atom. The minimum Gasteiger partial charge on any atom is -0.338 e. The van der Waals surface area contributed by atoms with Crippen LogP contribution in [0.15, 0.2) is 52.3 Å². The number of aromatic nitrogens is 4. The van der Waals surface area contributed by atoms with Gasteiger partial charge in [0, 0.05) is 44.1 Å². The Morgan fingerprint density at radius 1 is 1.03 bits per heavy atom. The van der Waals surface area contributed by atoms with Crippen molar-refractivity contribution in [3.05, 3.63) is 54.3 Å². The van der Waals surface area contributed by atoms with Crippen LogP contribution in [-0.4, -0.2) is 69.8 Å². The first-order valence-electron chi connectivity index (χ1n) is 10.5. The predicted molar refractivity (Wildman–Crippen MR) is 113 cm³/mol. The minimum absolute atomic E-state index is 0.0457. The Labute approximate surface area is 185 Å². The maximum atomic E-state index is 12.8. The number of sulfonamides is 1. The first kappa shape index (κ1) is 20.7. The van der Waals surface area contributed by atoms with Crippen LogP contribution in [0.2, 0.25) is 0 Å². The molecule has 2 aliphatic rings. The van der Waals surface area contributed by atoms with E-state index < -0.39 is 10.0 Å². The maximum absolute atomic E-state index is 12.8. The van der Waals surface area contributed by atoms with E-state index in [1.807, 2.05) is 0 Å². The molecule has 4 heterocycles. The topological polar surface area (TPSA) is 122 Å². The number of carbonyl (C=O) groups is 1. The van der Waals surface area contributed by atoms with Crippen LogP contribution >= 0.6 is 0 Å². The van der Waals surface area contributed by atoms with Crippen LogP contribution in [0.1, 0.15) is 41.4 Å². The molecular formula is C21H22N6O4S. The molecule has 2 aliphatic heterocycles. The number of hydrogen-bond acceptors (Lipinski definition) is 8. The molecule has 1 aromatic carbocycles. The lowest BCUT2D eigenvalue weighted by atomic mass is 9.99. The van der Waals surface area contributed by atoms with Crippen LogP contribution in [-0.2, 0) is 10.0 Å². The van der Waals surface area contributed by atoms with E-state index >= 15 is 0 Å². The summed E-state index contributed by atoms with van der Waals surface area (Å²) < 4.78 is 32.4. The molecular weight excluding hydrogens is 432 g/mol. The minimum atomic E-state index is -3.51. The van der Waals surface area contributed by atoms with E-state index in [1.165, 1.54) is 16.4 Å². The van der Waals surface area contributed by atoms with Crippen LogP contribution < -0.4 is 0 Å². The molecule has 0 unspecified atom stereocenters. The van der Waals surface area contributed by atoms with Crippen LogP contribution in [0.25, 0.3) is 11.5 Å². The summed E-state index contributed by atoms with van der Waals surface area (Å²) in [5.74, 6) is 0.619. The van der Waals surface area contributed by atoms with E-state index in [9.17, 15) is 13.2 Å². The number of benzene rings is 1. The largest absolute Gasteiger partial charge is 0.338 e. The standard InChI is InChI=1S/C21H22N6O4S/c28-21(15-4-6-17(7-5-15)32(29,30)27-10-2-1-3-11-27)26-13-16(14-26)20-24-19(25-31-20)18-12-22-8-9-23-18/h4-9,12,16H,1-3,10-11,13-14H2. The molecule has 2 aromatic heterocycles. The van der Waals surface area contributed by atoms with Crippen LogP contribution in [0.5, 0.6) is 0 Å². The Hall–Kier alpha value is -3.18. The fourth-order valence-corrected chi connectivity index (χ4v) is 5.44. The summed E-state index contributed by atoms with van der Waals surface area (Å²) in [6, 6.07) is 6.18.